The van der Waals surface area contributed by atoms with Crippen LogP contribution >= 0.6 is 0 Å². The number of phenols is 1. The second-order valence-electron chi connectivity index (χ2n) is 7.66. The molecule has 31 heavy (non-hydrogen) atoms. The highest BCUT2D eigenvalue weighted by molar-refractivity contribution is 5.98. The van der Waals surface area contributed by atoms with Gasteiger partial charge in [-0.15, -0.1) is 0 Å². The van der Waals surface area contributed by atoms with Crippen LogP contribution in [0, 0.1) is 26.2 Å². The van der Waals surface area contributed by atoms with Gasteiger partial charge in [-0.05, 0) is 67.8 Å². The number of aromatic hydroxyl groups is 1. The lowest BCUT2D eigenvalue weighted by Crippen LogP contribution is -2.10. The molecule has 0 unspecified atom stereocenters. The molecule has 4 aromatic rings. The molecule has 4 N–H and O–H groups in total. The average Bonchev–Trinajstić information content (AvgIpc) is 3.16. The number of carbonyl (C=O) groups is 1. The maximum absolute atomic E-state index is 10.6. The third-order valence-electron chi connectivity index (χ3n) is 5.33. The molecule has 0 fully saturated rings. The third kappa shape index (κ3) is 5.01. The second kappa shape index (κ2) is 9.30. The Kier molecular flexibility index (Phi) is 6.55. The Bertz CT molecular complexity index is 1250. The van der Waals surface area contributed by atoms with E-state index in [1.165, 1.54) is 40.6 Å². The molecule has 0 aliphatic heterocycles. The van der Waals surface area contributed by atoms with Crippen molar-refractivity contribution in [3.8, 4) is 5.75 Å². The predicted octanol–water partition coefficient (Wildman–Crippen LogP) is 5.10. The molecule has 5 heteroatoms. The van der Waals surface area contributed by atoms with Crippen LogP contribution in [0.15, 0.2) is 66.9 Å². The molecule has 0 bridgehead atoms. The van der Waals surface area contributed by atoms with Crippen LogP contribution in [0.4, 0.5) is 0 Å². The van der Waals surface area contributed by atoms with E-state index in [1.54, 1.807) is 13.0 Å². The number of fused-ring (bicyclic) bond motifs is 1. The molecular weight excluding hydrogens is 386 g/mol. The molecular formula is C26H27N3O2. The molecule has 0 aliphatic rings. The second-order valence-corrected chi connectivity index (χ2v) is 7.66. The van der Waals surface area contributed by atoms with Crippen molar-refractivity contribution in [1.82, 2.24) is 4.57 Å². The van der Waals surface area contributed by atoms with Crippen molar-refractivity contribution >= 4 is 23.0 Å². The first-order chi connectivity index (χ1) is 14.8. The average molecular weight is 414 g/mol. The van der Waals surface area contributed by atoms with Gasteiger partial charge in [-0.2, -0.15) is 0 Å². The number of rotatable bonds is 4. The fourth-order valence-corrected chi connectivity index (χ4v) is 3.47. The van der Waals surface area contributed by atoms with E-state index >= 15 is 0 Å². The Labute approximate surface area is 182 Å². The zero-order valence-electron chi connectivity index (χ0n) is 18.0. The predicted molar refractivity (Wildman–Crippen MR) is 126 cm³/mol. The number of aryl methyl sites for hydroxylation is 3. The SMILES string of the molecule is Cc1cc(C(N)=O)ccc1O.Cc1ccc(C)c(Cn2ccc3c(C=N)cccc32)c1. The molecule has 4 rings (SSSR count). The van der Waals surface area contributed by atoms with Crippen LogP contribution in [0.1, 0.15) is 38.2 Å². The molecule has 158 valence electrons. The highest BCUT2D eigenvalue weighted by atomic mass is 16.3. The van der Waals surface area contributed by atoms with Crippen LogP contribution in [-0.2, 0) is 6.54 Å². The summed E-state index contributed by atoms with van der Waals surface area (Å²) in [4.78, 5) is 10.6. The number of nitrogens with zero attached hydrogens (tertiary/aromatic N) is 1. The summed E-state index contributed by atoms with van der Waals surface area (Å²) < 4.78 is 2.25. The lowest BCUT2D eigenvalue weighted by Gasteiger charge is -2.10. The van der Waals surface area contributed by atoms with Gasteiger partial charge in [-0.3, -0.25) is 4.79 Å². The molecule has 3 aromatic carbocycles. The Morgan fingerprint density at radius 2 is 1.81 bits per heavy atom. The molecule has 1 amide bonds. The summed E-state index contributed by atoms with van der Waals surface area (Å²) in [6.07, 6.45) is 3.53. The Balaban J connectivity index is 0.000000210. The normalized spacial score (nSPS) is 10.4. The summed E-state index contributed by atoms with van der Waals surface area (Å²) in [6, 6.07) is 19.3. The van der Waals surface area contributed by atoms with E-state index in [-0.39, 0.29) is 5.75 Å². The van der Waals surface area contributed by atoms with Crippen LogP contribution in [0.3, 0.4) is 0 Å². The fourth-order valence-electron chi connectivity index (χ4n) is 3.47. The van der Waals surface area contributed by atoms with E-state index in [0.717, 1.165) is 17.5 Å². The summed E-state index contributed by atoms with van der Waals surface area (Å²) >= 11 is 0. The van der Waals surface area contributed by atoms with Gasteiger partial charge in [-0.25, -0.2) is 0 Å². The molecule has 0 radical (unpaired) electrons. The van der Waals surface area contributed by atoms with Crippen molar-refractivity contribution in [2.75, 3.05) is 0 Å². The van der Waals surface area contributed by atoms with E-state index in [9.17, 15) is 4.79 Å². The van der Waals surface area contributed by atoms with Crippen LogP contribution in [-0.4, -0.2) is 21.8 Å². The number of hydrogen-bond donors (Lipinski definition) is 3. The first-order valence-electron chi connectivity index (χ1n) is 10.0. The highest BCUT2D eigenvalue weighted by Gasteiger charge is 2.06. The number of nitrogens with one attached hydrogen (secondary N) is 1. The molecule has 1 heterocycles. The first kappa shape index (κ1) is 21.8. The Hall–Kier alpha value is -3.86. The summed E-state index contributed by atoms with van der Waals surface area (Å²) in [5, 5.41) is 17.7. The van der Waals surface area contributed by atoms with Gasteiger partial charge in [0.15, 0.2) is 0 Å². The molecule has 0 atom stereocenters. The summed E-state index contributed by atoms with van der Waals surface area (Å²) in [6.45, 7) is 6.87. The van der Waals surface area contributed by atoms with Crippen molar-refractivity contribution in [3.63, 3.8) is 0 Å². The van der Waals surface area contributed by atoms with Gasteiger partial charge >= 0.3 is 0 Å². The van der Waals surface area contributed by atoms with Crippen LogP contribution in [0.25, 0.3) is 10.9 Å². The molecule has 0 spiro atoms. The van der Waals surface area contributed by atoms with Crippen LogP contribution in [0.2, 0.25) is 0 Å². The number of hydrogen-bond acceptors (Lipinski definition) is 3. The van der Waals surface area contributed by atoms with E-state index in [2.05, 4.69) is 54.9 Å². The van der Waals surface area contributed by atoms with Gasteiger partial charge in [-0.1, -0.05) is 35.9 Å². The van der Waals surface area contributed by atoms with Gasteiger partial charge < -0.3 is 20.8 Å². The van der Waals surface area contributed by atoms with E-state index in [4.69, 9.17) is 16.2 Å². The fraction of sp³-hybridized carbons (Fsp3) is 0.154. The van der Waals surface area contributed by atoms with E-state index in [0.29, 0.717) is 11.1 Å². The molecule has 0 saturated carbocycles. The monoisotopic (exact) mass is 413 g/mol. The van der Waals surface area contributed by atoms with E-state index in [1.807, 2.05) is 12.1 Å². The highest BCUT2D eigenvalue weighted by Crippen LogP contribution is 2.21. The zero-order valence-corrected chi connectivity index (χ0v) is 18.0. The van der Waals surface area contributed by atoms with Crippen molar-refractivity contribution in [3.05, 3.63) is 100 Å². The topological polar surface area (TPSA) is 92.1 Å². The smallest absolute Gasteiger partial charge is 0.248 e. The standard InChI is InChI=1S/C18H18N2.C8H9NO2/c1-13-6-7-14(2)16(10-13)12-20-9-8-17-15(11-19)4-3-5-18(17)20;1-5-4-6(8(9)11)2-3-7(5)10/h3-11,19H,12H2,1-2H3;2-4,10H,1H3,(H2,9,11). The number of amides is 1. The number of carbonyl (C=O) groups excluding carboxylic acids is 1. The zero-order chi connectivity index (χ0) is 22.5. The number of phenolic OH excluding ortho intramolecular Hbond substituents is 1. The third-order valence-corrected chi connectivity index (χ3v) is 5.33. The minimum atomic E-state index is -0.479. The van der Waals surface area contributed by atoms with Crippen molar-refractivity contribution in [2.24, 2.45) is 5.73 Å². The summed E-state index contributed by atoms with van der Waals surface area (Å²) in [5.41, 5.74) is 12.2. The van der Waals surface area contributed by atoms with Gasteiger partial charge in [0.1, 0.15) is 5.75 Å². The Morgan fingerprint density at radius 3 is 2.48 bits per heavy atom. The van der Waals surface area contributed by atoms with Crippen LogP contribution < -0.4 is 5.73 Å². The van der Waals surface area contributed by atoms with Gasteiger partial charge in [0, 0.05) is 41.0 Å². The van der Waals surface area contributed by atoms with Gasteiger partial charge in [0.2, 0.25) is 5.91 Å². The quantitative estimate of drug-likeness (QED) is 0.406. The van der Waals surface area contributed by atoms with E-state index < -0.39 is 5.91 Å². The lowest BCUT2D eigenvalue weighted by molar-refractivity contribution is 0.1000. The summed E-state index contributed by atoms with van der Waals surface area (Å²) in [7, 11) is 0. The van der Waals surface area contributed by atoms with Crippen molar-refractivity contribution in [2.45, 2.75) is 27.3 Å². The molecule has 1 aromatic heterocycles. The number of nitrogens with two attached hydrogens (primary N) is 1. The minimum Gasteiger partial charge on any atom is -0.508 e. The van der Waals surface area contributed by atoms with Crippen molar-refractivity contribution < 1.29 is 9.90 Å². The molecule has 0 aliphatic carbocycles. The van der Waals surface area contributed by atoms with Gasteiger partial charge in [0.25, 0.3) is 0 Å². The minimum absolute atomic E-state index is 0.176. The van der Waals surface area contributed by atoms with Crippen molar-refractivity contribution in [1.29, 1.82) is 5.41 Å². The maximum Gasteiger partial charge on any atom is 0.248 e. The van der Waals surface area contributed by atoms with Crippen LogP contribution in [0.5, 0.6) is 5.75 Å². The molecule has 5 nitrogen and oxygen atoms in total. The van der Waals surface area contributed by atoms with Gasteiger partial charge in [0.05, 0.1) is 0 Å². The lowest BCUT2D eigenvalue weighted by atomic mass is 10.1. The largest absolute Gasteiger partial charge is 0.508 e. The summed E-state index contributed by atoms with van der Waals surface area (Å²) in [5.74, 6) is -0.303. The number of aromatic nitrogens is 1. The molecule has 0 saturated heterocycles. The Morgan fingerprint density at radius 1 is 1.03 bits per heavy atom. The maximum atomic E-state index is 10.6. The first-order valence-corrected chi connectivity index (χ1v) is 10.0. The number of benzene rings is 3. The number of primary amides is 1.